The Hall–Kier alpha value is -2.74. The monoisotopic (exact) mass is 427 g/mol. The lowest BCUT2D eigenvalue weighted by Gasteiger charge is -2.35. The number of hydrogen-bond donors (Lipinski definition) is 1. The van der Waals surface area contributed by atoms with Gasteiger partial charge in [-0.2, -0.15) is 0 Å². The van der Waals surface area contributed by atoms with Gasteiger partial charge in [0.05, 0.1) is 10.2 Å². The van der Waals surface area contributed by atoms with E-state index in [1.165, 1.54) is 17.0 Å². The van der Waals surface area contributed by atoms with Crippen molar-refractivity contribution >= 4 is 33.4 Å². The molecular weight excluding hydrogens is 401 g/mol. The summed E-state index contributed by atoms with van der Waals surface area (Å²) < 4.78 is 14.1. The molecule has 1 aromatic carbocycles. The second-order valence-electron chi connectivity index (χ2n) is 8.53. The number of carbonyl (C=O) groups is 1. The molecule has 0 radical (unpaired) electrons. The normalized spacial score (nSPS) is 14.9. The minimum atomic E-state index is -0.277. The number of thiophene rings is 1. The highest BCUT2D eigenvalue weighted by atomic mass is 32.1. The summed E-state index contributed by atoms with van der Waals surface area (Å²) in [4.78, 5) is 26.8. The fourth-order valence-electron chi connectivity index (χ4n) is 3.45. The van der Waals surface area contributed by atoms with E-state index in [9.17, 15) is 9.18 Å². The Morgan fingerprint density at radius 2 is 1.83 bits per heavy atom. The van der Waals surface area contributed by atoms with Crippen molar-refractivity contribution in [1.29, 1.82) is 0 Å². The molecular formula is C22H26FN5OS. The Labute approximate surface area is 179 Å². The van der Waals surface area contributed by atoms with Gasteiger partial charge in [-0.1, -0.05) is 32.9 Å². The van der Waals surface area contributed by atoms with Gasteiger partial charge in [0, 0.05) is 37.6 Å². The Bertz CT molecular complexity index is 1040. The standard InChI is InChI=1S/C22H26FN5OS/c1-22(2,3)18-12-17-19(30-18)20(26-14-25-17)27-8-10-28(11-9-27)21(29)24-13-15-4-6-16(23)7-5-15/h4-7,12,14H,8-11,13H2,1-3H3,(H,24,29). The number of nitrogens with one attached hydrogen (secondary N) is 1. The summed E-state index contributed by atoms with van der Waals surface area (Å²) in [6, 6.07) is 8.22. The first-order chi connectivity index (χ1) is 14.3. The molecule has 0 spiro atoms. The maximum absolute atomic E-state index is 13.0. The number of rotatable bonds is 3. The third kappa shape index (κ3) is 4.38. The number of amides is 2. The average molecular weight is 428 g/mol. The van der Waals surface area contributed by atoms with Crippen molar-refractivity contribution < 1.29 is 9.18 Å². The van der Waals surface area contributed by atoms with E-state index in [1.807, 2.05) is 4.90 Å². The summed E-state index contributed by atoms with van der Waals surface area (Å²) in [7, 11) is 0. The second-order valence-corrected chi connectivity index (χ2v) is 9.58. The van der Waals surface area contributed by atoms with Crippen LogP contribution in [0.1, 0.15) is 31.2 Å². The number of carbonyl (C=O) groups excluding carboxylic acids is 1. The van der Waals surface area contributed by atoms with Crippen LogP contribution in [0.25, 0.3) is 10.2 Å². The number of hydrogen-bond acceptors (Lipinski definition) is 5. The van der Waals surface area contributed by atoms with E-state index in [0.717, 1.165) is 34.7 Å². The molecule has 3 heterocycles. The lowest BCUT2D eigenvalue weighted by molar-refractivity contribution is 0.194. The molecule has 2 amide bonds. The Morgan fingerprint density at radius 1 is 1.13 bits per heavy atom. The summed E-state index contributed by atoms with van der Waals surface area (Å²) in [5.41, 5.74) is 1.93. The van der Waals surface area contributed by atoms with E-state index >= 15 is 0 Å². The highest BCUT2D eigenvalue weighted by molar-refractivity contribution is 7.19. The number of aromatic nitrogens is 2. The van der Waals surface area contributed by atoms with Crippen molar-refractivity contribution in [3.05, 3.63) is 52.9 Å². The number of piperazine rings is 1. The van der Waals surface area contributed by atoms with Crippen molar-refractivity contribution in [2.45, 2.75) is 32.7 Å². The van der Waals surface area contributed by atoms with Crippen molar-refractivity contribution in [2.24, 2.45) is 0 Å². The molecule has 0 bridgehead atoms. The first-order valence-electron chi connectivity index (χ1n) is 10.1. The molecule has 3 aromatic rings. The fraction of sp³-hybridized carbons (Fsp3) is 0.409. The van der Waals surface area contributed by atoms with Crippen molar-refractivity contribution in [1.82, 2.24) is 20.2 Å². The maximum atomic E-state index is 13.0. The van der Waals surface area contributed by atoms with Crippen molar-refractivity contribution in [3.63, 3.8) is 0 Å². The second kappa shape index (κ2) is 8.18. The van der Waals surface area contributed by atoms with Crippen molar-refractivity contribution in [3.8, 4) is 0 Å². The molecule has 1 N–H and O–H groups in total. The van der Waals surface area contributed by atoms with Gasteiger partial charge < -0.3 is 15.1 Å². The van der Waals surface area contributed by atoms with Gasteiger partial charge in [0.15, 0.2) is 0 Å². The van der Waals surface area contributed by atoms with Crippen LogP contribution in [0.4, 0.5) is 15.0 Å². The first kappa shape index (κ1) is 20.5. The fourth-order valence-corrected chi connectivity index (χ4v) is 4.64. The van der Waals surface area contributed by atoms with Gasteiger partial charge in [0.25, 0.3) is 0 Å². The molecule has 1 fully saturated rings. The SMILES string of the molecule is CC(C)(C)c1cc2ncnc(N3CCN(C(=O)NCc4ccc(F)cc4)CC3)c2s1. The van der Waals surface area contributed by atoms with Gasteiger partial charge in [0.1, 0.15) is 18.0 Å². The van der Waals surface area contributed by atoms with Gasteiger partial charge in [-0.05, 0) is 29.2 Å². The highest BCUT2D eigenvalue weighted by Crippen LogP contribution is 2.37. The minimum absolute atomic E-state index is 0.0734. The van der Waals surface area contributed by atoms with Crippen LogP contribution in [0, 0.1) is 5.82 Å². The maximum Gasteiger partial charge on any atom is 0.317 e. The van der Waals surface area contributed by atoms with Gasteiger partial charge in [0.2, 0.25) is 0 Å². The van der Waals surface area contributed by atoms with E-state index in [-0.39, 0.29) is 17.3 Å². The lowest BCUT2D eigenvalue weighted by atomic mass is 9.95. The smallest absolute Gasteiger partial charge is 0.317 e. The van der Waals surface area contributed by atoms with E-state index in [1.54, 1.807) is 29.8 Å². The molecule has 4 rings (SSSR count). The van der Waals surface area contributed by atoms with Crippen LogP contribution in [0.3, 0.4) is 0 Å². The average Bonchev–Trinajstić information content (AvgIpc) is 3.18. The molecule has 1 aliphatic rings. The number of nitrogens with zero attached hydrogens (tertiary/aromatic N) is 4. The van der Waals surface area contributed by atoms with E-state index < -0.39 is 0 Å². The zero-order chi connectivity index (χ0) is 21.3. The zero-order valence-corrected chi connectivity index (χ0v) is 18.3. The number of anilines is 1. The van der Waals surface area contributed by atoms with E-state index in [4.69, 9.17) is 0 Å². The number of halogens is 1. The molecule has 30 heavy (non-hydrogen) atoms. The predicted octanol–water partition coefficient (Wildman–Crippen LogP) is 4.16. The Kier molecular flexibility index (Phi) is 5.60. The van der Waals surface area contributed by atoms with Crippen LogP contribution >= 0.6 is 11.3 Å². The molecule has 1 saturated heterocycles. The third-order valence-electron chi connectivity index (χ3n) is 5.26. The number of benzene rings is 1. The minimum Gasteiger partial charge on any atom is -0.352 e. The molecule has 6 nitrogen and oxygen atoms in total. The largest absolute Gasteiger partial charge is 0.352 e. The summed E-state index contributed by atoms with van der Waals surface area (Å²) in [6.07, 6.45) is 1.62. The van der Waals surface area contributed by atoms with E-state index in [2.05, 4.69) is 47.0 Å². The summed E-state index contributed by atoms with van der Waals surface area (Å²) in [5.74, 6) is 0.673. The molecule has 8 heteroatoms. The van der Waals surface area contributed by atoms with Gasteiger partial charge in [-0.25, -0.2) is 19.2 Å². The van der Waals surface area contributed by atoms with Crippen LogP contribution in [0.15, 0.2) is 36.7 Å². The predicted molar refractivity (Wildman–Crippen MR) is 119 cm³/mol. The Morgan fingerprint density at radius 3 is 2.50 bits per heavy atom. The summed E-state index contributed by atoms with van der Waals surface area (Å²) in [5, 5.41) is 2.91. The topological polar surface area (TPSA) is 61.4 Å². The van der Waals surface area contributed by atoms with Gasteiger partial charge >= 0.3 is 6.03 Å². The summed E-state index contributed by atoms with van der Waals surface area (Å²) in [6.45, 7) is 9.68. The van der Waals surface area contributed by atoms with E-state index in [0.29, 0.717) is 19.6 Å². The van der Waals surface area contributed by atoms with Crippen LogP contribution in [0.2, 0.25) is 0 Å². The quantitative estimate of drug-likeness (QED) is 0.682. The van der Waals surface area contributed by atoms with Gasteiger partial charge in [-0.3, -0.25) is 0 Å². The molecule has 0 saturated carbocycles. The van der Waals surface area contributed by atoms with Crippen LogP contribution in [-0.4, -0.2) is 47.1 Å². The van der Waals surface area contributed by atoms with Crippen LogP contribution in [0.5, 0.6) is 0 Å². The van der Waals surface area contributed by atoms with Crippen LogP contribution < -0.4 is 10.2 Å². The summed E-state index contributed by atoms with van der Waals surface area (Å²) >= 11 is 1.75. The van der Waals surface area contributed by atoms with Crippen molar-refractivity contribution in [2.75, 3.05) is 31.1 Å². The molecule has 158 valence electrons. The number of fused-ring (bicyclic) bond motifs is 1. The molecule has 0 atom stereocenters. The third-order valence-corrected chi connectivity index (χ3v) is 6.80. The van der Waals surface area contributed by atoms with Gasteiger partial charge in [-0.15, -0.1) is 11.3 Å². The molecule has 0 unspecified atom stereocenters. The lowest BCUT2D eigenvalue weighted by Crippen LogP contribution is -2.51. The Balaban J connectivity index is 1.39. The molecule has 2 aromatic heterocycles. The molecule has 1 aliphatic heterocycles. The first-order valence-corrected chi connectivity index (χ1v) is 10.9. The zero-order valence-electron chi connectivity index (χ0n) is 17.5. The molecule has 0 aliphatic carbocycles. The highest BCUT2D eigenvalue weighted by Gasteiger charge is 2.25. The number of urea groups is 1. The van der Waals surface area contributed by atoms with Crippen LogP contribution in [-0.2, 0) is 12.0 Å².